The smallest absolute Gasteiger partial charge is 0.167 e. The Morgan fingerprint density at radius 3 is 2.25 bits per heavy atom. The second-order valence-electron chi connectivity index (χ2n) is 5.23. The van der Waals surface area contributed by atoms with Crippen molar-refractivity contribution in [3.63, 3.8) is 0 Å². The lowest BCUT2D eigenvalue weighted by Crippen LogP contribution is -2.02. The number of para-hydroxylation sites is 1. The zero-order valence-corrected chi connectivity index (χ0v) is 13.7. The van der Waals surface area contributed by atoms with Crippen LogP contribution in [0.15, 0.2) is 48.5 Å². The lowest BCUT2D eigenvalue weighted by atomic mass is 10.1. The number of hydrogen-bond donors (Lipinski definition) is 1. The molecule has 0 spiro atoms. The van der Waals surface area contributed by atoms with Gasteiger partial charge in [0.15, 0.2) is 11.6 Å². The molecule has 0 aliphatic carbocycles. The lowest BCUT2D eigenvalue weighted by Gasteiger charge is -2.08. The van der Waals surface area contributed by atoms with Crippen molar-refractivity contribution in [2.75, 3.05) is 6.61 Å². The molecular weight excluding hydrogens is 302 g/mol. The first-order valence-corrected chi connectivity index (χ1v) is 7.97. The van der Waals surface area contributed by atoms with Crippen LogP contribution in [0.4, 0.5) is 0 Å². The van der Waals surface area contributed by atoms with E-state index in [0.717, 1.165) is 11.3 Å². The van der Waals surface area contributed by atoms with Crippen LogP contribution in [-0.2, 0) is 6.42 Å². The molecule has 122 valence electrons. The van der Waals surface area contributed by atoms with Gasteiger partial charge >= 0.3 is 0 Å². The highest BCUT2D eigenvalue weighted by Crippen LogP contribution is 2.28. The minimum Gasteiger partial charge on any atom is -0.507 e. The molecule has 3 rings (SSSR count). The van der Waals surface area contributed by atoms with Gasteiger partial charge in [-0.15, -0.1) is 0 Å². The quantitative estimate of drug-likeness (QED) is 0.772. The topological polar surface area (TPSA) is 68.1 Å². The average molecular weight is 321 g/mol. The monoisotopic (exact) mass is 321 g/mol. The fraction of sp³-hybridized carbons (Fsp3) is 0.211. The standard InChI is InChI=1S/C19H19N3O2/c1-3-17-20-18(13-9-11-14(12-10-13)24-4-2)22-19(21-17)15-7-5-6-8-16(15)23/h5-12,23H,3-4H2,1-2H3. The third-order valence-electron chi connectivity index (χ3n) is 3.57. The van der Waals surface area contributed by atoms with Gasteiger partial charge in [-0.25, -0.2) is 15.0 Å². The maximum Gasteiger partial charge on any atom is 0.167 e. The third kappa shape index (κ3) is 3.35. The molecule has 1 N–H and O–H groups in total. The second kappa shape index (κ2) is 7.08. The van der Waals surface area contributed by atoms with Crippen molar-refractivity contribution in [3.05, 3.63) is 54.4 Å². The van der Waals surface area contributed by atoms with E-state index in [1.165, 1.54) is 0 Å². The Labute approximate surface area is 141 Å². The van der Waals surface area contributed by atoms with Crippen LogP contribution in [0.5, 0.6) is 11.5 Å². The third-order valence-corrected chi connectivity index (χ3v) is 3.57. The summed E-state index contributed by atoms with van der Waals surface area (Å²) in [6, 6.07) is 14.7. The summed E-state index contributed by atoms with van der Waals surface area (Å²) in [6.45, 7) is 4.57. The summed E-state index contributed by atoms with van der Waals surface area (Å²) < 4.78 is 5.46. The maximum atomic E-state index is 10.1. The first-order chi connectivity index (χ1) is 11.7. The number of hydrogen-bond acceptors (Lipinski definition) is 5. The largest absolute Gasteiger partial charge is 0.507 e. The molecule has 1 aromatic heterocycles. The van der Waals surface area contributed by atoms with Crippen LogP contribution in [-0.4, -0.2) is 26.7 Å². The molecular formula is C19H19N3O2. The Balaban J connectivity index is 2.05. The van der Waals surface area contributed by atoms with Crippen molar-refractivity contribution in [3.8, 4) is 34.3 Å². The van der Waals surface area contributed by atoms with E-state index in [2.05, 4.69) is 15.0 Å². The predicted molar refractivity (Wildman–Crippen MR) is 92.9 cm³/mol. The zero-order valence-electron chi connectivity index (χ0n) is 13.7. The van der Waals surface area contributed by atoms with Crippen molar-refractivity contribution in [2.24, 2.45) is 0 Å². The van der Waals surface area contributed by atoms with Gasteiger partial charge in [-0.05, 0) is 43.3 Å². The summed E-state index contributed by atoms with van der Waals surface area (Å²) in [4.78, 5) is 13.5. The van der Waals surface area contributed by atoms with E-state index < -0.39 is 0 Å². The molecule has 0 saturated heterocycles. The fourth-order valence-corrected chi connectivity index (χ4v) is 2.36. The van der Waals surface area contributed by atoms with Crippen LogP contribution in [0.25, 0.3) is 22.8 Å². The number of aromatic hydroxyl groups is 1. The molecule has 0 fully saturated rings. The van der Waals surface area contributed by atoms with Gasteiger partial charge in [0, 0.05) is 12.0 Å². The van der Waals surface area contributed by atoms with Gasteiger partial charge < -0.3 is 9.84 Å². The second-order valence-corrected chi connectivity index (χ2v) is 5.23. The van der Waals surface area contributed by atoms with E-state index in [0.29, 0.717) is 36.1 Å². The van der Waals surface area contributed by atoms with Crippen LogP contribution in [0, 0.1) is 0 Å². The number of aryl methyl sites for hydroxylation is 1. The molecule has 1 heterocycles. The van der Waals surface area contributed by atoms with Crippen molar-refractivity contribution in [1.82, 2.24) is 15.0 Å². The Hall–Kier alpha value is -2.95. The highest BCUT2D eigenvalue weighted by atomic mass is 16.5. The van der Waals surface area contributed by atoms with Crippen molar-refractivity contribution < 1.29 is 9.84 Å². The minimum absolute atomic E-state index is 0.156. The van der Waals surface area contributed by atoms with Gasteiger partial charge in [0.1, 0.15) is 17.3 Å². The number of ether oxygens (including phenoxy) is 1. The molecule has 24 heavy (non-hydrogen) atoms. The average Bonchev–Trinajstić information content (AvgIpc) is 2.62. The van der Waals surface area contributed by atoms with E-state index in [-0.39, 0.29) is 5.75 Å². The molecule has 0 atom stereocenters. The van der Waals surface area contributed by atoms with Gasteiger partial charge in [0.2, 0.25) is 0 Å². The number of benzene rings is 2. The van der Waals surface area contributed by atoms with Gasteiger partial charge in [-0.1, -0.05) is 19.1 Å². The lowest BCUT2D eigenvalue weighted by molar-refractivity contribution is 0.340. The molecule has 5 heteroatoms. The van der Waals surface area contributed by atoms with E-state index in [4.69, 9.17) is 4.74 Å². The first kappa shape index (κ1) is 15.9. The molecule has 0 aliphatic rings. The molecule has 0 bridgehead atoms. The molecule has 0 saturated carbocycles. The van der Waals surface area contributed by atoms with E-state index in [1.807, 2.05) is 44.2 Å². The normalized spacial score (nSPS) is 10.6. The van der Waals surface area contributed by atoms with Crippen LogP contribution in [0.3, 0.4) is 0 Å². The van der Waals surface area contributed by atoms with Crippen LogP contribution in [0.2, 0.25) is 0 Å². The molecule has 0 unspecified atom stereocenters. The highest BCUT2D eigenvalue weighted by molar-refractivity contribution is 5.66. The summed E-state index contributed by atoms with van der Waals surface area (Å²) in [5, 5.41) is 10.1. The first-order valence-electron chi connectivity index (χ1n) is 7.97. The Morgan fingerprint density at radius 1 is 0.875 bits per heavy atom. The summed E-state index contributed by atoms with van der Waals surface area (Å²) in [7, 11) is 0. The number of rotatable bonds is 5. The fourth-order valence-electron chi connectivity index (χ4n) is 2.36. The number of phenols is 1. The zero-order chi connectivity index (χ0) is 16.9. The van der Waals surface area contributed by atoms with E-state index in [9.17, 15) is 5.11 Å². The summed E-state index contributed by atoms with van der Waals surface area (Å²) in [6.07, 6.45) is 0.688. The van der Waals surface area contributed by atoms with Crippen molar-refractivity contribution >= 4 is 0 Å². The van der Waals surface area contributed by atoms with Gasteiger partial charge in [0.25, 0.3) is 0 Å². The van der Waals surface area contributed by atoms with E-state index >= 15 is 0 Å². The highest BCUT2D eigenvalue weighted by Gasteiger charge is 2.12. The molecule has 0 radical (unpaired) electrons. The Morgan fingerprint density at radius 2 is 1.58 bits per heavy atom. The van der Waals surface area contributed by atoms with Crippen LogP contribution < -0.4 is 4.74 Å². The van der Waals surface area contributed by atoms with Crippen LogP contribution >= 0.6 is 0 Å². The van der Waals surface area contributed by atoms with Gasteiger partial charge in [0.05, 0.1) is 12.2 Å². The maximum absolute atomic E-state index is 10.1. The summed E-state index contributed by atoms with van der Waals surface area (Å²) >= 11 is 0. The van der Waals surface area contributed by atoms with E-state index in [1.54, 1.807) is 18.2 Å². The molecule has 0 amide bonds. The number of phenolic OH excluding ortho intramolecular Hbond substituents is 1. The Kier molecular flexibility index (Phi) is 4.70. The summed E-state index contributed by atoms with van der Waals surface area (Å²) in [5.74, 6) is 2.72. The molecule has 2 aromatic carbocycles. The predicted octanol–water partition coefficient (Wildman–Crippen LogP) is 3.87. The van der Waals surface area contributed by atoms with Gasteiger partial charge in [-0.2, -0.15) is 0 Å². The molecule has 3 aromatic rings. The van der Waals surface area contributed by atoms with Crippen molar-refractivity contribution in [1.29, 1.82) is 0 Å². The van der Waals surface area contributed by atoms with Gasteiger partial charge in [-0.3, -0.25) is 0 Å². The summed E-state index contributed by atoms with van der Waals surface area (Å²) in [5.41, 5.74) is 1.48. The SMILES string of the molecule is CCOc1ccc(-c2nc(CC)nc(-c3ccccc3O)n2)cc1. The Bertz CT molecular complexity index is 832. The minimum atomic E-state index is 0.156. The number of nitrogens with zero attached hydrogens (tertiary/aromatic N) is 3. The van der Waals surface area contributed by atoms with Crippen molar-refractivity contribution in [2.45, 2.75) is 20.3 Å². The number of aromatic nitrogens is 3. The molecule has 5 nitrogen and oxygen atoms in total. The van der Waals surface area contributed by atoms with Crippen LogP contribution in [0.1, 0.15) is 19.7 Å². The molecule has 0 aliphatic heterocycles.